The topological polar surface area (TPSA) is 47.6 Å². The van der Waals surface area contributed by atoms with Crippen molar-refractivity contribution in [1.29, 1.82) is 0 Å². The number of ether oxygens (including phenoxy) is 2. The van der Waals surface area contributed by atoms with E-state index in [4.69, 9.17) is 9.47 Å². The summed E-state index contributed by atoms with van der Waals surface area (Å²) in [5.41, 5.74) is 0.410. The Hall–Kier alpha value is -0.610. The number of likely N-dealkylation sites (N-methyl/N-ethyl adjacent to an activating group) is 1. The summed E-state index contributed by atoms with van der Waals surface area (Å²) < 4.78 is 11.0. The molecule has 0 aromatic carbocycles. The molecule has 0 aromatic rings. The Morgan fingerprint density at radius 3 is 2.56 bits per heavy atom. The average molecular weight is 255 g/mol. The Labute approximate surface area is 109 Å². The van der Waals surface area contributed by atoms with Crippen LogP contribution in [-0.2, 0) is 14.3 Å². The molecular weight excluding hydrogens is 230 g/mol. The van der Waals surface area contributed by atoms with Crippen molar-refractivity contribution in [2.75, 3.05) is 20.3 Å². The van der Waals surface area contributed by atoms with Gasteiger partial charge >= 0.3 is 5.97 Å². The van der Waals surface area contributed by atoms with Gasteiger partial charge in [0.2, 0.25) is 0 Å². The van der Waals surface area contributed by atoms with Gasteiger partial charge in [-0.15, -0.1) is 0 Å². The highest BCUT2D eigenvalue weighted by Crippen LogP contribution is 2.36. The van der Waals surface area contributed by atoms with Crippen LogP contribution in [0.2, 0.25) is 0 Å². The molecule has 104 valence electrons. The van der Waals surface area contributed by atoms with Gasteiger partial charge in [0, 0.05) is 6.04 Å². The highest BCUT2D eigenvalue weighted by molar-refractivity contribution is 5.74. The van der Waals surface area contributed by atoms with Crippen molar-refractivity contribution in [3.8, 4) is 0 Å². The minimum Gasteiger partial charge on any atom is -0.462 e. The van der Waals surface area contributed by atoms with Crippen LogP contribution in [-0.4, -0.2) is 38.4 Å². The summed E-state index contributed by atoms with van der Waals surface area (Å²) in [6.45, 7) is 5.66. The summed E-state index contributed by atoms with van der Waals surface area (Å²) in [7, 11) is 1.86. The Balaban J connectivity index is 1.81. The molecule has 0 amide bonds. The van der Waals surface area contributed by atoms with Crippen molar-refractivity contribution in [3.63, 3.8) is 0 Å². The molecule has 1 saturated heterocycles. The monoisotopic (exact) mass is 255 g/mol. The van der Waals surface area contributed by atoms with Gasteiger partial charge in [0.05, 0.1) is 19.1 Å². The number of carbonyl (C=O) groups is 1. The van der Waals surface area contributed by atoms with Crippen molar-refractivity contribution in [3.05, 3.63) is 0 Å². The van der Waals surface area contributed by atoms with Gasteiger partial charge in [-0.1, -0.05) is 13.8 Å². The lowest BCUT2D eigenvalue weighted by Crippen LogP contribution is -2.39. The standard InChI is InChI=1S/C14H25NO3/c1-14(2)6-4-10(5-7-14)18-13(16)11-8-17-9-12(11)15-3/h10-12,15H,4-9H2,1-3H3. The third-order valence-electron chi connectivity index (χ3n) is 4.32. The molecule has 4 heteroatoms. The highest BCUT2D eigenvalue weighted by atomic mass is 16.5. The van der Waals surface area contributed by atoms with Gasteiger partial charge in [0.25, 0.3) is 0 Å². The number of hydrogen-bond acceptors (Lipinski definition) is 4. The first kappa shape index (κ1) is 13.8. The van der Waals surface area contributed by atoms with Gasteiger partial charge in [0.15, 0.2) is 0 Å². The third-order valence-corrected chi connectivity index (χ3v) is 4.32. The van der Waals surface area contributed by atoms with Crippen LogP contribution < -0.4 is 5.32 Å². The molecule has 1 heterocycles. The summed E-state index contributed by atoms with van der Waals surface area (Å²) in [5.74, 6) is -0.221. The molecule has 0 spiro atoms. The zero-order valence-electron chi connectivity index (χ0n) is 11.7. The lowest BCUT2D eigenvalue weighted by atomic mass is 9.76. The minimum atomic E-state index is -0.134. The van der Waals surface area contributed by atoms with E-state index in [-0.39, 0.29) is 24.0 Å². The van der Waals surface area contributed by atoms with Crippen LogP contribution in [0.1, 0.15) is 39.5 Å². The molecule has 1 N–H and O–H groups in total. The maximum Gasteiger partial charge on any atom is 0.313 e. The maximum atomic E-state index is 12.1. The van der Waals surface area contributed by atoms with Crippen molar-refractivity contribution in [2.45, 2.75) is 51.7 Å². The van der Waals surface area contributed by atoms with Crippen LogP contribution in [0.5, 0.6) is 0 Å². The zero-order chi connectivity index (χ0) is 13.2. The lowest BCUT2D eigenvalue weighted by Gasteiger charge is -2.34. The minimum absolute atomic E-state index is 0.0865. The zero-order valence-corrected chi connectivity index (χ0v) is 11.7. The number of nitrogens with one attached hydrogen (secondary N) is 1. The molecule has 2 unspecified atom stereocenters. The average Bonchev–Trinajstić information content (AvgIpc) is 2.80. The normalized spacial score (nSPS) is 32.4. The van der Waals surface area contributed by atoms with Crippen LogP contribution in [0, 0.1) is 11.3 Å². The summed E-state index contributed by atoms with van der Waals surface area (Å²) in [6, 6.07) is 0.109. The van der Waals surface area contributed by atoms with E-state index in [9.17, 15) is 4.79 Å². The van der Waals surface area contributed by atoms with Crippen LogP contribution in [0.25, 0.3) is 0 Å². The van der Waals surface area contributed by atoms with Gasteiger partial charge in [0.1, 0.15) is 6.10 Å². The smallest absolute Gasteiger partial charge is 0.313 e. The van der Waals surface area contributed by atoms with Crippen LogP contribution in [0.4, 0.5) is 0 Å². The van der Waals surface area contributed by atoms with Gasteiger partial charge in [-0.3, -0.25) is 4.79 Å². The first-order valence-corrected chi connectivity index (χ1v) is 6.97. The van der Waals surface area contributed by atoms with E-state index < -0.39 is 0 Å². The summed E-state index contributed by atoms with van der Waals surface area (Å²) in [6.07, 6.45) is 4.39. The molecular formula is C14H25NO3. The van der Waals surface area contributed by atoms with Gasteiger partial charge in [-0.2, -0.15) is 0 Å². The van der Waals surface area contributed by atoms with E-state index in [2.05, 4.69) is 19.2 Å². The van der Waals surface area contributed by atoms with Crippen molar-refractivity contribution in [2.24, 2.45) is 11.3 Å². The van der Waals surface area contributed by atoms with Crippen LogP contribution >= 0.6 is 0 Å². The fourth-order valence-electron chi connectivity index (χ4n) is 2.81. The quantitative estimate of drug-likeness (QED) is 0.780. The molecule has 2 rings (SSSR count). The molecule has 0 bridgehead atoms. The highest BCUT2D eigenvalue weighted by Gasteiger charge is 2.36. The second-order valence-corrected chi connectivity index (χ2v) is 6.34. The second-order valence-electron chi connectivity index (χ2n) is 6.34. The molecule has 2 atom stereocenters. The van der Waals surface area contributed by atoms with E-state index in [1.54, 1.807) is 0 Å². The van der Waals surface area contributed by atoms with E-state index in [0.717, 1.165) is 25.7 Å². The van der Waals surface area contributed by atoms with Gasteiger partial charge in [-0.05, 0) is 38.1 Å². The predicted molar refractivity (Wildman–Crippen MR) is 69.3 cm³/mol. The van der Waals surface area contributed by atoms with Crippen molar-refractivity contribution in [1.82, 2.24) is 5.32 Å². The van der Waals surface area contributed by atoms with E-state index in [0.29, 0.717) is 18.6 Å². The molecule has 2 fully saturated rings. The molecule has 18 heavy (non-hydrogen) atoms. The molecule has 0 aromatic heterocycles. The van der Waals surface area contributed by atoms with E-state index in [1.807, 2.05) is 7.05 Å². The fourth-order valence-corrected chi connectivity index (χ4v) is 2.81. The van der Waals surface area contributed by atoms with Gasteiger partial charge < -0.3 is 14.8 Å². The summed E-state index contributed by atoms with van der Waals surface area (Å²) in [4.78, 5) is 12.1. The molecule has 1 aliphatic carbocycles. The maximum absolute atomic E-state index is 12.1. The first-order chi connectivity index (χ1) is 8.52. The predicted octanol–water partition coefficient (Wildman–Crippen LogP) is 1.73. The summed E-state index contributed by atoms with van der Waals surface area (Å²) >= 11 is 0. The van der Waals surface area contributed by atoms with Crippen molar-refractivity contribution < 1.29 is 14.3 Å². The van der Waals surface area contributed by atoms with Crippen molar-refractivity contribution >= 4 is 5.97 Å². The Morgan fingerprint density at radius 1 is 1.28 bits per heavy atom. The Morgan fingerprint density at radius 2 is 1.94 bits per heavy atom. The molecule has 0 radical (unpaired) electrons. The third kappa shape index (κ3) is 3.23. The molecule has 4 nitrogen and oxygen atoms in total. The lowest BCUT2D eigenvalue weighted by molar-refractivity contribution is -0.157. The van der Waals surface area contributed by atoms with Crippen LogP contribution in [0.3, 0.4) is 0 Å². The number of esters is 1. The SMILES string of the molecule is CNC1COCC1C(=O)OC1CCC(C)(C)CC1. The molecule has 1 saturated carbocycles. The largest absolute Gasteiger partial charge is 0.462 e. The van der Waals surface area contributed by atoms with E-state index in [1.165, 1.54) is 0 Å². The Bertz CT molecular complexity index is 293. The Kier molecular flexibility index (Phi) is 4.28. The first-order valence-electron chi connectivity index (χ1n) is 6.97. The van der Waals surface area contributed by atoms with E-state index >= 15 is 0 Å². The second kappa shape index (κ2) is 5.57. The number of carbonyl (C=O) groups excluding carboxylic acids is 1. The van der Waals surface area contributed by atoms with Gasteiger partial charge in [-0.25, -0.2) is 0 Å². The molecule has 1 aliphatic heterocycles. The summed E-state index contributed by atoms with van der Waals surface area (Å²) in [5, 5.41) is 3.12. The molecule has 2 aliphatic rings. The fraction of sp³-hybridized carbons (Fsp3) is 0.929. The number of hydrogen-bond donors (Lipinski definition) is 1. The number of rotatable bonds is 3. The van der Waals surface area contributed by atoms with Crippen LogP contribution in [0.15, 0.2) is 0 Å².